The molecule has 0 saturated heterocycles. The molecule has 0 bridgehead atoms. The fourth-order valence-electron chi connectivity index (χ4n) is 2.30. The second-order valence-corrected chi connectivity index (χ2v) is 4.97. The summed E-state index contributed by atoms with van der Waals surface area (Å²) in [6.07, 6.45) is 0. The molecule has 0 spiro atoms. The standard InChI is InChI=1S/C17H15N3O4/c1-23-11-7-10(8-12(9-11)24-2)16(21)20-19-15-13-5-3-4-6-14(13)18-17(15)22/h3-9,18,22H,1-2H3. The van der Waals surface area contributed by atoms with Gasteiger partial charge < -0.3 is 19.6 Å². The first-order chi connectivity index (χ1) is 11.6. The number of para-hydroxylation sites is 1. The van der Waals surface area contributed by atoms with E-state index in [1.165, 1.54) is 14.2 Å². The molecular formula is C17H15N3O4. The van der Waals surface area contributed by atoms with Crippen LogP contribution in [-0.2, 0) is 0 Å². The molecule has 0 atom stereocenters. The largest absolute Gasteiger partial charge is 0.497 e. The van der Waals surface area contributed by atoms with Crippen LogP contribution in [-0.4, -0.2) is 30.2 Å². The van der Waals surface area contributed by atoms with E-state index in [9.17, 15) is 9.90 Å². The second-order valence-electron chi connectivity index (χ2n) is 4.97. The van der Waals surface area contributed by atoms with Crippen molar-refractivity contribution in [1.82, 2.24) is 4.98 Å². The Morgan fingerprint density at radius 3 is 2.42 bits per heavy atom. The van der Waals surface area contributed by atoms with Gasteiger partial charge in [0.05, 0.1) is 25.3 Å². The summed E-state index contributed by atoms with van der Waals surface area (Å²) in [4.78, 5) is 15.0. The molecule has 0 radical (unpaired) electrons. The van der Waals surface area contributed by atoms with Gasteiger partial charge in [0.15, 0.2) is 5.69 Å². The van der Waals surface area contributed by atoms with Gasteiger partial charge in [0.2, 0.25) is 5.88 Å². The van der Waals surface area contributed by atoms with Gasteiger partial charge in [-0.3, -0.25) is 4.79 Å². The molecule has 7 heteroatoms. The lowest BCUT2D eigenvalue weighted by Crippen LogP contribution is -1.96. The third-order valence-electron chi connectivity index (χ3n) is 3.50. The van der Waals surface area contributed by atoms with Gasteiger partial charge in [-0.25, -0.2) is 0 Å². The van der Waals surface area contributed by atoms with E-state index in [2.05, 4.69) is 15.2 Å². The van der Waals surface area contributed by atoms with E-state index >= 15 is 0 Å². The summed E-state index contributed by atoms with van der Waals surface area (Å²) in [6.45, 7) is 0. The Morgan fingerprint density at radius 1 is 1.08 bits per heavy atom. The number of amides is 1. The zero-order chi connectivity index (χ0) is 17.1. The van der Waals surface area contributed by atoms with Crippen molar-refractivity contribution in [2.45, 2.75) is 0 Å². The fourth-order valence-corrected chi connectivity index (χ4v) is 2.30. The van der Waals surface area contributed by atoms with Crippen molar-refractivity contribution in [3.8, 4) is 17.4 Å². The van der Waals surface area contributed by atoms with E-state index in [4.69, 9.17) is 9.47 Å². The van der Waals surface area contributed by atoms with Crippen LogP contribution in [0.15, 0.2) is 52.7 Å². The first kappa shape index (κ1) is 15.5. The number of azo groups is 1. The fraction of sp³-hybridized carbons (Fsp3) is 0.118. The Kier molecular flexibility index (Phi) is 4.15. The highest BCUT2D eigenvalue weighted by Crippen LogP contribution is 2.35. The lowest BCUT2D eigenvalue weighted by molar-refractivity contribution is 0.0994. The molecule has 7 nitrogen and oxygen atoms in total. The number of carbonyl (C=O) groups excluding carboxylic acids is 1. The van der Waals surface area contributed by atoms with Crippen LogP contribution < -0.4 is 9.47 Å². The van der Waals surface area contributed by atoms with Gasteiger partial charge in [-0.15, -0.1) is 10.2 Å². The maximum Gasteiger partial charge on any atom is 0.295 e. The van der Waals surface area contributed by atoms with Crippen molar-refractivity contribution in [2.75, 3.05) is 14.2 Å². The van der Waals surface area contributed by atoms with Gasteiger partial charge in [0.1, 0.15) is 11.5 Å². The summed E-state index contributed by atoms with van der Waals surface area (Å²) in [7, 11) is 2.99. The van der Waals surface area contributed by atoms with Crippen molar-refractivity contribution in [2.24, 2.45) is 10.2 Å². The van der Waals surface area contributed by atoms with Crippen LogP contribution in [0, 0.1) is 0 Å². The molecule has 1 aromatic heterocycles. The SMILES string of the molecule is COc1cc(OC)cc(C(=O)N=Nc2c(O)[nH]c3ccccc23)c1. The van der Waals surface area contributed by atoms with Gasteiger partial charge in [-0.1, -0.05) is 18.2 Å². The number of ether oxygens (including phenoxy) is 2. The van der Waals surface area contributed by atoms with Crippen LogP contribution >= 0.6 is 0 Å². The smallest absolute Gasteiger partial charge is 0.295 e. The maximum atomic E-state index is 12.3. The lowest BCUT2D eigenvalue weighted by atomic mass is 10.2. The molecule has 0 aliphatic carbocycles. The summed E-state index contributed by atoms with van der Waals surface area (Å²) in [5.74, 6) is 0.235. The van der Waals surface area contributed by atoms with Crippen LogP contribution in [0.2, 0.25) is 0 Å². The average Bonchev–Trinajstić information content (AvgIpc) is 2.94. The van der Waals surface area contributed by atoms with E-state index in [1.54, 1.807) is 30.3 Å². The van der Waals surface area contributed by atoms with Crippen molar-refractivity contribution in [3.63, 3.8) is 0 Å². The molecule has 0 fully saturated rings. The molecule has 1 heterocycles. The van der Waals surface area contributed by atoms with E-state index in [0.29, 0.717) is 22.4 Å². The summed E-state index contributed by atoms with van der Waals surface area (Å²) in [6, 6.07) is 11.9. The Balaban J connectivity index is 1.94. The third-order valence-corrected chi connectivity index (χ3v) is 3.50. The number of hydrogen-bond donors (Lipinski definition) is 2. The number of hydrogen-bond acceptors (Lipinski definition) is 5. The number of nitrogens with one attached hydrogen (secondary N) is 1. The van der Waals surface area contributed by atoms with Crippen LogP contribution in [0.5, 0.6) is 17.4 Å². The van der Waals surface area contributed by atoms with E-state index < -0.39 is 5.91 Å². The topological polar surface area (TPSA) is 96.3 Å². The Bertz CT molecular complexity index is 908. The predicted molar refractivity (Wildman–Crippen MR) is 88.4 cm³/mol. The molecule has 0 saturated carbocycles. The predicted octanol–water partition coefficient (Wildman–Crippen LogP) is 3.81. The van der Waals surface area contributed by atoms with Crippen LogP contribution in [0.25, 0.3) is 10.9 Å². The monoisotopic (exact) mass is 325 g/mol. The van der Waals surface area contributed by atoms with Gasteiger partial charge in [0.25, 0.3) is 5.91 Å². The Hall–Kier alpha value is -3.35. The lowest BCUT2D eigenvalue weighted by Gasteiger charge is -2.05. The second kappa shape index (κ2) is 6.41. The van der Waals surface area contributed by atoms with Crippen molar-refractivity contribution in [1.29, 1.82) is 0 Å². The molecule has 3 aromatic rings. The van der Waals surface area contributed by atoms with Gasteiger partial charge in [0, 0.05) is 11.5 Å². The minimum absolute atomic E-state index is 0.143. The van der Waals surface area contributed by atoms with Crippen LogP contribution in [0.3, 0.4) is 0 Å². The van der Waals surface area contributed by atoms with Gasteiger partial charge >= 0.3 is 0 Å². The van der Waals surface area contributed by atoms with Crippen molar-refractivity contribution < 1.29 is 19.4 Å². The molecule has 2 N–H and O–H groups in total. The molecule has 3 rings (SSSR count). The number of aromatic nitrogens is 1. The summed E-state index contributed by atoms with van der Waals surface area (Å²) in [5.41, 5.74) is 1.20. The highest BCUT2D eigenvalue weighted by atomic mass is 16.5. The van der Waals surface area contributed by atoms with Crippen LogP contribution in [0.4, 0.5) is 5.69 Å². The van der Waals surface area contributed by atoms with E-state index in [0.717, 1.165) is 0 Å². The van der Waals surface area contributed by atoms with Crippen molar-refractivity contribution >= 4 is 22.5 Å². The quantitative estimate of drug-likeness (QED) is 0.713. The summed E-state index contributed by atoms with van der Waals surface area (Å²) in [5, 5.41) is 18.2. The molecular weight excluding hydrogens is 310 g/mol. The number of aromatic amines is 1. The zero-order valence-corrected chi connectivity index (χ0v) is 13.1. The average molecular weight is 325 g/mol. The number of carbonyl (C=O) groups is 1. The zero-order valence-electron chi connectivity index (χ0n) is 13.1. The normalized spacial score (nSPS) is 11.1. The minimum Gasteiger partial charge on any atom is -0.497 e. The third kappa shape index (κ3) is 2.91. The number of fused-ring (bicyclic) bond motifs is 1. The number of benzene rings is 2. The number of nitrogens with zero attached hydrogens (tertiary/aromatic N) is 2. The molecule has 0 unspecified atom stereocenters. The summed E-state index contributed by atoms with van der Waals surface area (Å²) >= 11 is 0. The Morgan fingerprint density at radius 2 is 1.75 bits per heavy atom. The van der Waals surface area contributed by atoms with E-state index in [1.807, 2.05) is 12.1 Å². The molecule has 24 heavy (non-hydrogen) atoms. The molecule has 2 aromatic carbocycles. The Labute approximate surface area is 137 Å². The van der Waals surface area contributed by atoms with E-state index in [-0.39, 0.29) is 17.1 Å². The molecule has 1 amide bonds. The first-order valence-electron chi connectivity index (χ1n) is 7.11. The number of aromatic hydroxyl groups is 1. The highest BCUT2D eigenvalue weighted by molar-refractivity contribution is 5.97. The molecule has 0 aliphatic rings. The number of rotatable bonds is 4. The minimum atomic E-state index is -0.572. The molecule has 0 aliphatic heterocycles. The maximum absolute atomic E-state index is 12.3. The highest BCUT2D eigenvalue weighted by Gasteiger charge is 2.12. The van der Waals surface area contributed by atoms with Gasteiger partial charge in [-0.05, 0) is 18.2 Å². The number of methoxy groups -OCH3 is 2. The number of H-pyrrole nitrogens is 1. The van der Waals surface area contributed by atoms with Crippen molar-refractivity contribution in [3.05, 3.63) is 48.0 Å². The van der Waals surface area contributed by atoms with Gasteiger partial charge in [-0.2, -0.15) is 0 Å². The summed E-state index contributed by atoms with van der Waals surface area (Å²) < 4.78 is 10.3. The molecule has 122 valence electrons. The van der Waals surface area contributed by atoms with Crippen LogP contribution in [0.1, 0.15) is 10.4 Å². The first-order valence-corrected chi connectivity index (χ1v) is 7.11.